The van der Waals surface area contributed by atoms with Crippen molar-refractivity contribution in [3.8, 4) is 11.5 Å². The van der Waals surface area contributed by atoms with Gasteiger partial charge in [0.2, 0.25) is 0 Å². The first-order valence-electron chi connectivity index (χ1n) is 10.5. The molecular formula is C27H31NOSi. The SMILES string of the molecule is C[Si](C)(C)C#C[C@H]([C@@H](O)c1ccccc1)N(Cc1ccccc1)Cc1ccccc1. The number of nitrogens with zero attached hydrogens (tertiary/aromatic N) is 1. The summed E-state index contributed by atoms with van der Waals surface area (Å²) in [7, 11) is -1.60. The minimum Gasteiger partial charge on any atom is -0.386 e. The Hall–Kier alpha value is -2.64. The highest BCUT2D eigenvalue weighted by molar-refractivity contribution is 6.83. The second-order valence-electron chi connectivity index (χ2n) is 8.70. The van der Waals surface area contributed by atoms with Crippen LogP contribution in [0.3, 0.4) is 0 Å². The Morgan fingerprint density at radius 3 is 1.60 bits per heavy atom. The Balaban J connectivity index is 2.00. The van der Waals surface area contributed by atoms with Crippen molar-refractivity contribution in [2.24, 2.45) is 0 Å². The molecule has 0 saturated heterocycles. The Bertz CT molecular complexity index is 914. The molecule has 3 aromatic rings. The van der Waals surface area contributed by atoms with E-state index in [1.807, 2.05) is 42.5 Å². The van der Waals surface area contributed by atoms with Gasteiger partial charge in [0.05, 0.1) is 0 Å². The summed E-state index contributed by atoms with van der Waals surface area (Å²) in [5.41, 5.74) is 6.85. The van der Waals surface area contributed by atoms with E-state index < -0.39 is 14.2 Å². The van der Waals surface area contributed by atoms with Gasteiger partial charge < -0.3 is 5.11 Å². The molecule has 0 radical (unpaired) electrons. The minimum atomic E-state index is -1.60. The van der Waals surface area contributed by atoms with E-state index in [2.05, 4.69) is 84.5 Å². The molecule has 0 aliphatic carbocycles. The maximum atomic E-state index is 11.4. The third kappa shape index (κ3) is 6.71. The van der Waals surface area contributed by atoms with Gasteiger partial charge in [-0.15, -0.1) is 5.54 Å². The third-order valence-corrected chi connectivity index (χ3v) is 5.78. The topological polar surface area (TPSA) is 23.5 Å². The van der Waals surface area contributed by atoms with Crippen LogP contribution in [0, 0.1) is 11.5 Å². The average Bonchev–Trinajstić information content (AvgIpc) is 2.75. The Labute approximate surface area is 182 Å². The first-order valence-corrected chi connectivity index (χ1v) is 14.0. The summed E-state index contributed by atoms with van der Waals surface area (Å²) >= 11 is 0. The molecule has 0 unspecified atom stereocenters. The van der Waals surface area contributed by atoms with Crippen molar-refractivity contribution in [2.75, 3.05) is 0 Å². The summed E-state index contributed by atoms with van der Waals surface area (Å²) < 4.78 is 0. The fourth-order valence-corrected chi connectivity index (χ4v) is 3.96. The highest BCUT2D eigenvalue weighted by Crippen LogP contribution is 2.24. The summed E-state index contributed by atoms with van der Waals surface area (Å²) in [5.74, 6) is 3.49. The fraction of sp³-hybridized carbons (Fsp3) is 0.259. The van der Waals surface area contributed by atoms with Crippen molar-refractivity contribution in [3.63, 3.8) is 0 Å². The van der Waals surface area contributed by atoms with Gasteiger partial charge in [-0.1, -0.05) is 117 Å². The van der Waals surface area contributed by atoms with Crippen LogP contribution in [-0.2, 0) is 13.1 Å². The molecule has 0 amide bonds. The molecule has 0 saturated carbocycles. The highest BCUT2D eigenvalue weighted by Gasteiger charge is 2.27. The minimum absolute atomic E-state index is 0.292. The zero-order valence-electron chi connectivity index (χ0n) is 18.1. The molecule has 3 heteroatoms. The quantitative estimate of drug-likeness (QED) is 0.398. The van der Waals surface area contributed by atoms with Crippen LogP contribution in [0.5, 0.6) is 0 Å². The van der Waals surface area contributed by atoms with E-state index in [1.165, 1.54) is 11.1 Å². The molecule has 1 N–H and O–H groups in total. The fourth-order valence-electron chi connectivity index (χ4n) is 3.38. The molecule has 154 valence electrons. The van der Waals surface area contributed by atoms with Gasteiger partial charge >= 0.3 is 0 Å². The van der Waals surface area contributed by atoms with Gasteiger partial charge in [0.25, 0.3) is 0 Å². The van der Waals surface area contributed by atoms with E-state index in [9.17, 15) is 5.11 Å². The first kappa shape index (κ1) is 22.1. The van der Waals surface area contributed by atoms with Crippen molar-refractivity contribution in [1.29, 1.82) is 0 Å². The van der Waals surface area contributed by atoms with Gasteiger partial charge in [-0.25, -0.2) is 0 Å². The first-order chi connectivity index (χ1) is 14.4. The lowest BCUT2D eigenvalue weighted by molar-refractivity contribution is 0.0688. The number of rotatable bonds is 7. The van der Waals surface area contributed by atoms with Crippen molar-refractivity contribution < 1.29 is 5.11 Å². The zero-order valence-corrected chi connectivity index (χ0v) is 19.1. The third-order valence-electron chi connectivity index (χ3n) is 4.89. The molecule has 3 rings (SSSR count). The molecule has 0 bridgehead atoms. The predicted molar refractivity (Wildman–Crippen MR) is 128 cm³/mol. The van der Waals surface area contributed by atoms with Crippen LogP contribution in [0.15, 0.2) is 91.0 Å². The summed E-state index contributed by atoms with van der Waals surface area (Å²) in [6.07, 6.45) is -0.678. The van der Waals surface area contributed by atoms with Crippen molar-refractivity contribution in [2.45, 2.75) is 44.9 Å². The Morgan fingerprint density at radius 1 is 0.733 bits per heavy atom. The lowest BCUT2D eigenvalue weighted by atomic mass is 10.00. The highest BCUT2D eigenvalue weighted by atomic mass is 28.3. The lowest BCUT2D eigenvalue weighted by Crippen LogP contribution is -2.38. The van der Waals surface area contributed by atoms with Crippen LogP contribution >= 0.6 is 0 Å². The van der Waals surface area contributed by atoms with Crippen LogP contribution in [0.4, 0.5) is 0 Å². The van der Waals surface area contributed by atoms with E-state index in [4.69, 9.17) is 0 Å². The second-order valence-corrected chi connectivity index (χ2v) is 13.4. The van der Waals surface area contributed by atoms with Crippen molar-refractivity contribution >= 4 is 8.07 Å². The van der Waals surface area contributed by atoms with E-state index in [-0.39, 0.29) is 6.04 Å². The van der Waals surface area contributed by atoms with Gasteiger partial charge in [0.15, 0.2) is 0 Å². The Morgan fingerprint density at radius 2 is 1.17 bits per heavy atom. The van der Waals surface area contributed by atoms with Crippen LogP contribution in [0.2, 0.25) is 19.6 Å². The average molecular weight is 414 g/mol. The second kappa shape index (κ2) is 10.4. The lowest BCUT2D eigenvalue weighted by Gasteiger charge is -2.32. The number of benzene rings is 3. The molecule has 0 aliphatic rings. The molecule has 0 fully saturated rings. The molecule has 2 nitrogen and oxygen atoms in total. The van der Waals surface area contributed by atoms with Crippen LogP contribution < -0.4 is 0 Å². The summed E-state index contributed by atoms with van der Waals surface area (Å²) in [4.78, 5) is 2.30. The van der Waals surface area contributed by atoms with Gasteiger partial charge in [-0.05, 0) is 16.7 Å². The predicted octanol–water partition coefficient (Wildman–Crippen LogP) is 5.67. The smallest absolute Gasteiger partial charge is 0.129 e. The Kier molecular flexibility index (Phi) is 7.65. The van der Waals surface area contributed by atoms with E-state index in [0.29, 0.717) is 0 Å². The van der Waals surface area contributed by atoms with Gasteiger partial charge in [-0.3, -0.25) is 4.90 Å². The van der Waals surface area contributed by atoms with Gasteiger partial charge in [0, 0.05) is 13.1 Å². The largest absolute Gasteiger partial charge is 0.386 e. The van der Waals surface area contributed by atoms with Crippen LogP contribution in [0.25, 0.3) is 0 Å². The van der Waals surface area contributed by atoms with E-state index >= 15 is 0 Å². The molecular weight excluding hydrogens is 382 g/mol. The van der Waals surface area contributed by atoms with Crippen molar-refractivity contribution in [1.82, 2.24) is 4.90 Å². The van der Waals surface area contributed by atoms with Crippen LogP contribution in [-0.4, -0.2) is 24.1 Å². The maximum Gasteiger partial charge on any atom is 0.129 e. The molecule has 3 aromatic carbocycles. The summed E-state index contributed by atoms with van der Waals surface area (Å²) in [5, 5.41) is 11.4. The number of hydrogen-bond acceptors (Lipinski definition) is 2. The standard InChI is InChI=1S/C27H31NOSi/c1-30(2,3)20-19-26(27(29)25-17-11-6-12-18-25)28(21-23-13-7-4-8-14-23)22-24-15-9-5-10-16-24/h4-18,26-27,29H,21-22H2,1-3H3/t26-,27+/m1/s1. The van der Waals surface area contributed by atoms with Crippen molar-refractivity contribution in [3.05, 3.63) is 108 Å². The molecule has 0 aromatic heterocycles. The van der Waals surface area contributed by atoms with Gasteiger partial charge in [-0.2, -0.15) is 0 Å². The van der Waals surface area contributed by atoms with Crippen LogP contribution in [0.1, 0.15) is 22.8 Å². The van der Waals surface area contributed by atoms with E-state index in [1.54, 1.807) is 0 Å². The number of hydrogen-bond donors (Lipinski definition) is 1. The molecule has 0 spiro atoms. The molecule has 0 aliphatic heterocycles. The maximum absolute atomic E-state index is 11.4. The molecule has 0 heterocycles. The van der Waals surface area contributed by atoms with Gasteiger partial charge in [0.1, 0.15) is 20.2 Å². The molecule has 2 atom stereocenters. The summed E-state index contributed by atoms with van der Waals surface area (Å²) in [6, 6.07) is 30.5. The summed E-state index contributed by atoms with van der Waals surface area (Å²) in [6.45, 7) is 8.18. The number of aliphatic hydroxyl groups is 1. The molecule has 30 heavy (non-hydrogen) atoms. The normalized spacial score (nSPS) is 13.4. The zero-order chi connectivity index (χ0) is 21.4. The monoisotopic (exact) mass is 413 g/mol. The number of aliphatic hydroxyl groups excluding tert-OH is 1. The van der Waals surface area contributed by atoms with E-state index in [0.717, 1.165) is 18.7 Å².